The zero-order valence-corrected chi connectivity index (χ0v) is 13.8. The van der Waals surface area contributed by atoms with Gasteiger partial charge in [0.25, 0.3) is 0 Å². The highest BCUT2D eigenvalue weighted by Crippen LogP contribution is 2.42. The lowest BCUT2D eigenvalue weighted by atomic mass is 9.76. The van der Waals surface area contributed by atoms with Crippen LogP contribution in [0.3, 0.4) is 0 Å². The molecule has 1 saturated carbocycles. The highest BCUT2D eigenvalue weighted by Gasteiger charge is 2.50. The van der Waals surface area contributed by atoms with Crippen molar-refractivity contribution in [2.45, 2.75) is 76.1 Å². The van der Waals surface area contributed by atoms with Gasteiger partial charge in [0.2, 0.25) is 5.60 Å². The summed E-state index contributed by atoms with van der Waals surface area (Å²) in [6.45, 7) is 5.61. The number of fused-ring (bicyclic) bond motifs is 3. The summed E-state index contributed by atoms with van der Waals surface area (Å²) >= 11 is 0. The summed E-state index contributed by atoms with van der Waals surface area (Å²) < 4.78 is 17.1. The van der Waals surface area contributed by atoms with Gasteiger partial charge in [-0.1, -0.05) is 6.58 Å². The summed E-state index contributed by atoms with van der Waals surface area (Å²) in [6.07, 6.45) is 7.25. The second kappa shape index (κ2) is 6.63. The van der Waals surface area contributed by atoms with Crippen molar-refractivity contribution in [1.29, 1.82) is 0 Å². The van der Waals surface area contributed by atoms with Gasteiger partial charge < -0.3 is 14.2 Å². The fourth-order valence-electron chi connectivity index (χ4n) is 3.99. The van der Waals surface area contributed by atoms with E-state index in [1.807, 2.05) is 0 Å². The second-order valence-corrected chi connectivity index (χ2v) is 7.17. The van der Waals surface area contributed by atoms with Crippen LogP contribution in [0.4, 0.5) is 0 Å². The molecule has 2 bridgehead atoms. The molecule has 3 saturated heterocycles. The fraction of sp³-hybridized carbons (Fsp3) is 0.778. The molecular weight excluding hydrogens is 296 g/mol. The number of hydrogen-bond acceptors (Lipinski definition) is 5. The first-order valence-corrected chi connectivity index (χ1v) is 8.72. The van der Waals surface area contributed by atoms with Gasteiger partial charge in [-0.15, -0.1) is 0 Å². The maximum absolute atomic E-state index is 12.6. The molecule has 4 fully saturated rings. The molecule has 0 aromatic heterocycles. The molecule has 0 aromatic rings. The summed E-state index contributed by atoms with van der Waals surface area (Å²) in [7, 11) is 0. The Morgan fingerprint density at radius 3 is 2.65 bits per heavy atom. The van der Waals surface area contributed by atoms with E-state index in [-0.39, 0.29) is 6.10 Å². The van der Waals surface area contributed by atoms with Crippen molar-refractivity contribution < 1.29 is 23.8 Å². The third kappa shape index (κ3) is 3.44. The fourth-order valence-corrected chi connectivity index (χ4v) is 3.99. The van der Waals surface area contributed by atoms with E-state index in [1.54, 1.807) is 6.92 Å². The topological polar surface area (TPSA) is 61.8 Å². The van der Waals surface area contributed by atoms with Crippen LogP contribution in [0, 0.1) is 5.92 Å². The number of cyclic esters (lactones) is 1. The molecule has 3 aliphatic heterocycles. The van der Waals surface area contributed by atoms with Crippen LogP contribution in [0.2, 0.25) is 0 Å². The Labute approximate surface area is 137 Å². The van der Waals surface area contributed by atoms with Crippen LogP contribution in [0.15, 0.2) is 12.2 Å². The van der Waals surface area contributed by atoms with E-state index >= 15 is 0 Å². The molecule has 1 aliphatic carbocycles. The molecule has 2 atom stereocenters. The number of ether oxygens (including phenoxy) is 3. The van der Waals surface area contributed by atoms with E-state index in [1.165, 1.54) is 0 Å². The molecule has 23 heavy (non-hydrogen) atoms. The Morgan fingerprint density at radius 1 is 1.30 bits per heavy atom. The first-order valence-electron chi connectivity index (χ1n) is 8.72. The van der Waals surface area contributed by atoms with Crippen molar-refractivity contribution >= 4 is 11.9 Å². The summed E-state index contributed by atoms with van der Waals surface area (Å²) in [5.41, 5.74) is -0.915. The average Bonchev–Trinajstić information content (AvgIpc) is 2.71. The molecule has 5 heteroatoms. The lowest BCUT2D eigenvalue weighted by Crippen LogP contribution is -2.51. The molecule has 3 heterocycles. The van der Waals surface area contributed by atoms with Gasteiger partial charge in [-0.25, -0.2) is 9.59 Å². The number of hydrogen-bond donors (Lipinski definition) is 0. The number of carbonyl (C=O) groups is 2. The molecule has 4 rings (SSSR count). The monoisotopic (exact) mass is 322 g/mol. The van der Waals surface area contributed by atoms with Gasteiger partial charge in [-0.05, 0) is 57.8 Å². The first kappa shape index (κ1) is 16.5. The average molecular weight is 322 g/mol. The third-order valence-corrected chi connectivity index (χ3v) is 5.36. The highest BCUT2D eigenvalue weighted by atomic mass is 16.6. The van der Waals surface area contributed by atoms with E-state index in [4.69, 9.17) is 14.2 Å². The van der Waals surface area contributed by atoms with E-state index in [2.05, 4.69) is 6.58 Å². The van der Waals surface area contributed by atoms with Crippen molar-refractivity contribution in [3.05, 3.63) is 12.2 Å². The van der Waals surface area contributed by atoms with Gasteiger partial charge in [-0.2, -0.15) is 0 Å². The molecule has 4 aliphatic rings. The standard InChI is InChI=1S/C18H26O5/c1-12(2)16(19)23-18(9-3-4-10-21-17(18)20)11-15-13-5-7-14(22-15)8-6-13/h13-15H,1,3-11H2,2H3. The van der Waals surface area contributed by atoms with Crippen LogP contribution in [0.25, 0.3) is 0 Å². The summed E-state index contributed by atoms with van der Waals surface area (Å²) in [4.78, 5) is 24.7. The molecule has 5 nitrogen and oxygen atoms in total. The van der Waals surface area contributed by atoms with Crippen molar-refractivity contribution in [3.63, 3.8) is 0 Å². The predicted molar refractivity (Wildman–Crippen MR) is 83.7 cm³/mol. The zero-order chi connectivity index (χ0) is 16.4. The van der Waals surface area contributed by atoms with Crippen LogP contribution >= 0.6 is 0 Å². The molecule has 0 N–H and O–H groups in total. The normalized spacial score (nSPS) is 36.9. The lowest BCUT2D eigenvalue weighted by molar-refractivity contribution is -0.194. The van der Waals surface area contributed by atoms with E-state index in [0.29, 0.717) is 37.0 Å². The Balaban J connectivity index is 1.80. The minimum absolute atomic E-state index is 0.0222. The largest absolute Gasteiger partial charge is 0.463 e. The van der Waals surface area contributed by atoms with Crippen molar-refractivity contribution in [1.82, 2.24) is 0 Å². The minimum Gasteiger partial charge on any atom is -0.463 e. The van der Waals surface area contributed by atoms with Crippen LogP contribution in [0.1, 0.15) is 58.3 Å². The van der Waals surface area contributed by atoms with Crippen LogP contribution in [0.5, 0.6) is 0 Å². The Bertz CT molecular complexity index is 492. The van der Waals surface area contributed by atoms with E-state index in [9.17, 15) is 9.59 Å². The Kier molecular flexibility index (Phi) is 4.76. The predicted octanol–water partition coefficient (Wildman–Crippen LogP) is 2.92. The lowest BCUT2D eigenvalue weighted by Gasteiger charge is -2.45. The van der Waals surface area contributed by atoms with Crippen molar-refractivity contribution in [2.75, 3.05) is 6.61 Å². The maximum Gasteiger partial charge on any atom is 0.350 e. The number of carbonyl (C=O) groups excluding carboxylic acids is 2. The molecule has 128 valence electrons. The first-order chi connectivity index (χ1) is 11.0. The molecule has 0 radical (unpaired) electrons. The van der Waals surface area contributed by atoms with Crippen LogP contribution < -0.4 is 0 Å². The van der Waals surface area contributed by atoms with Gasteiger partial charge in [0.15, 0.2) is 0 Å². The molecule has 0 spiro atoms. The smallest absolute Gasteiger partial charge is 0.350 e. The summed E-state index contributed by atoms with van der Waals surface area (Å²) in [5, 5.41) is 0. The van der Waals surface area contributed by atoms with E-state index in [0.717, 1.165) is 38.5 Å². The van der Waals surface area contributed by atoms with Gasteiger partial charge >= 0.3 is 11.9 Å². The van der Waals surface area contributed by atoms with Gasteiger partial charge in [0, 0.05) is 12.0 Å². The maximum atomic E-state index is 12.6. The zero-order valence-electron chi connectivity index (χ0n) is 13.8. The Morgan fingerprint density at radius 2 is 2.04 bits per heavy atom. The molecule has 0 amide bonds. The van der Waals surface area contributed by atoms with E-state index < -0.39 is 17.5 Å². The molecule has 0 aromatic carbocycles. The Hall–Kier alpha value is -1.36. The second-order valence-electron chi connectivity index (χ2n) is 7.17. The summed E-state index contributed by atoms with van der Waals surface area (Å²) in [6, 6.07) is 0. The molecular formula is C18H26O5. The van der Waals surface area contributed by atoms with Crippen molar-refractivity contribution in [3.8, 4) is 0 Å². The quantitative estimate of drug-likeness (QED) is 0.588. The minimum atomic E-state index is -1.21. The van der Waals surface area contributed by atoms with Gasteiger partial charge in [0.1, 0.15) is 0 Å². The SMILES string of the molecule is C=C(C)C(=O)OC1(CC2OC3CCC2CC3)CCCCOC1=O. The number of rotatable bonds is 4. The molecule has 2 unspecified atom stereocenters. The van der Waals surface area contributed by atoms with Crippen LogP contribution in [-0.2, 0) is 23.8 Å². The van der Waals surface area contributed by atoms with Gasteiger partial charge in [-0.3, -0.25) is 0 Å². The highest BCUT2D eigenvalue weighted by molar-refractivity contribution is 5.91. The summed E-state index contributed by atoms with van der Waals surface area (Å²) in [5.74, 6) is -0.490. The third-order valence-electron chi connectivity index (χ3n) is 5.36. The van der Waals surface area contributed by atoms with Crippen LogP contribution in [-0.4, -0.2) is 36.4 Å². The van der Waals surface area contributed by atoms with Gasteiger partial charge in [0.05, 0.1) is 18.8 Å². The number of esters is 2. The van der Waals surface area contributed by atoms with Crippen molar-refractivity contribution in [2.24, 2.45) is 5.92 Å².